The van der Waals surface area contributed by atoms with Crippen LogP contribution < -0.4 is 0 Å². The van der Waals surface area contributed by atoms with Crippen molar-refractivity contribution in [2.75, 3.05) is 0 Å². The Bertz CT molecular complexity index is 260. The van der Waals surface area contributed by atoms with Crippen molar-refractivity contribution in [3.8, 4) is 0 Å². The third-order valence-electron chi connectivity index (χ3n) is 6.55. The van der Waals surface area contributed by atoms with E-state index in [0.29, 0.717) is 11.8 Å². The van der Waals surface area contributed by atoms with E-state index in [1.54, 1.807) is 0 Å². The van der Waals surface area contributed by atoms with E-state index in [0.717, 1.165) is 12.8 Å². The normalized spacial score (nSPS) is 25.7. The number of hydrogen-bond acceptors (Lipinski definition) is 2. The maximum Gasteiger partial charge on any atom is 0.0623 e. The van der Waals surface area contributed by atoms with E-state index in [-0.39, 0.29) is 17.6 Å². The Kier molecular flexibility index (Phi) is 6.55. The lowest BCUT2D eigenvalue weighted by atomic mass is 9.53. The van der Waals surface area contributed by atoms with Gasteiger partial charge in [0.05, 0.1) is 12.2 Å². The van der Waals surface area contributed by atoms with Crippen molar-refractivity contribution >= 4 is 0 Å². The van der Waals surface area contributed by atoms with Crippen molar-refractivity contribution in [3.05, 3.63) is 0 Å². The Morgan fingerprint density at radius 3 is 1.33 bits per heavy atom. The van der Waals surface area contributed by atoms with Crippen molar-refractivity contribution < 1.29 is 10.2 Å². The van der Waals surface area contributed by atoms with Gasteiger partial charge in [0.1, 0.15) is 0 Å². The van der Waals surface area contributed by atoms with Gasteiger partial charge in [-0.15, -0.1) is 0 Å². The highest BCUT2D eigenvalue weighted by atomic mass is 16.3. The average Bonchev–Trinajstić information content (AvgIpc) is 2.57. The Morgan fingerprint density at radius 2 is 1.05 bits per heavy atom. The zero-order chi connectivity index (χ0) is 15.3. The molecule has 2 N–H and O–H groups in total. The molecule has 2 unspecified atom stereocenters. The van der Waals surface area contributed by atoms with Crippen LogP contribution in [-0.4, -0.2) is 22.4 Å². The van der Waals surface area contributed by atoms with Crippen LogP contribution in [0.3, 0.4) is 0 Å². The van der Waals surface area contributed by atoms with Gasteiger partial charge in [-0.2, -0.15) is 0 Å². The zero-order valence-corrected chi connectivity index (χ0v) is 14.2. The molecule has 0 amide bonds. The van der Waals surface area contributed by atoms with E-state index in [4.69, 9.17) is 0 Å². The smallest absolute Gasteiger partial charge is 0.0623 e. The lowest BCUT2D eigenvalue weighted by Crippen LogP contribution is -2.56. The van der Waals surface area contributed by atoms with E-state index >= 15 is 0 Å². The number of aliphatic hydroxyl groups excluding tert-OH is 2. The molecule has 0 aromatic heterocycles. The number of hydrogen-bond donors (Lipinski definition) is 2. The van der Waals surface area contributed by atoms with Crippen molar-refractivity contribution in [2.24, 2.45) is 17.3 Å². The first-order valence-electron chi connectivity index (χ1n) is 9.53. The van der Waals surface area contributed by atoms with Gasteiger partial charge in [-0.1, -0.05) is 52.4 Å². The van der Waals surface area contributed by atoms with Gasteiger partial charge in [-0.3, -0.25) is 0 Å². The van der Waals surface area contributed by atoms with Crippen molar-refractivity contribution in [2.45, 2.75) is 103 Å². The summed E-state index contributed by atoms with van der Waals surface area (Å²) in [6.45, 7) is 4.18. The van der Waals surface area contributed by atoms with Crippen LogP contribution in [-0.2, 0) is 0 Å². The maximum absolute atomic E-state index is 11.0. The Balaban J connectivity index is 2.35. The summed E-state index contributed by atoms with van der Waals surface area (Å²) >= 11 is 0. The molecule has 124 valence electrons. The Morgan fingerprint density at radius 1 is 0.714 bits per heavy atom. The Hall–Kier alpha value is -0.0800. The van der Waals surface area contributed by atoms with E-state index in [2.05, 4.69) is 13.8 Å². The first-order chi connectivity index (χ1) is 10.2. The molecule has 2 aliphatic rings. The fourth-order valence-electron chi connectivity index (χ4n) is 5.56. The first-order valence-corrected chi connectivity index (χ1v) is 9.53. The number of rotatable bonds is 6. The molecule has 2 heteroatoms. The van der Waals surface area contributed by atoms with E-state index in [9.17, 15) is 10.2 Å². The quantitative estimate of drug-likeness (QED) is 0.747. The van der Waals surface area contributed by atoms with Gasteiger partial charge < -0.3 is 10.2 Å². The van der Waals surface area contributed by atoms with Crippen LogP contribution in [0.2, 0.25) is 0 Å². The molecule has 0 bridgehead atoms. The SMILES string of the molecule is CCC(O)C(C(O)CC)(C1CCCCC1)C1CCCCC1. The van der Waals surface area contributed by atoms with Crippen LogP contribution in [0.4, 0.5) is 0 Å². The van der Waals surface area contributed by atoms with Gasteiger partial charge in [0.15, 0.2) is 0 Å². The average molecular weight is 296 g/mol. The van der Waals surface area contributed by atoms with Crippen LogP contribution >= 0.6 is 0 Å². The summed E-state index contributed by atoms with van der Waals surface area (Å²) in [4.78, 5) is 0. The van der Waals surface area contributed by atoms with E-state index in [1.807, 2.05) is 0 Å². The molecule has 2 rings (SSSR count). The monoisotopic (exact) mass is 296 g/mol. The summed E-state index contributed by atoms with van der Waals surface area (Å²) in [7, 11) is 0. The molecule has 0 heterocycles. The summed E-state index contributed by atoms with van der Waals surface area (Å²) in [5, 5.41) is 22.0. The van der Waals surface area contributed by atoms with Gasteiger partial charge in [-0.05, 0) is 50.4 Å². The third-order valence-corrected chi connectivity index (χ3v) is 6.55. The minimum absolute atomic E-state index is 0.232. The molecule has 2 atom stereocenters. The molecule has 21 heavy (non-hydrogen) atoms. The number of aliphatic hydroxyl groups is 2. The second-order valence-corrected chi connectivity index (χ2v) is 7.52. The second kappa shape index (κ2) is 7.97. The highest BCUT2D eigenvalue weighted by molar-refractivity contribution is 5.02. The molecule has 2 aliphatic carbocycles. The summed E-state index contributed by atoms with van der Waals surface area (Å²) in [5.74, 6) is 1.05. The first kappa shape index (κ1) is 17.3. The molecule has 0 aromatic rings. The van der Waals surface area contributed by atoms with Crippen molar-refractivity contribution in [1.82, 2.24) is 0 Å². The molecule has 0 spiro atoms. The van der Waals surface area contributed by atoms with Gasteiger partial charge in [0, 0.05) is 5.41 Å². The van der Waals surface area contributed by atoms with Gasteiger partial charge >= 0.3 is 0 Å². The van der Waals surface area contributed by atoms with Crippen molar-refractivity contribution in [1.29, 1.82) is 0 Å². The highest BCUT2D eigenvalue weighted by Crippen LogP contribution is 2.54. The van der Waals surface area contributed by atoms with Gasteiger partial charge in [-0.25, -0.2) is 0 Å². The van der Waals surface area contributed by atoms with E-state index in [1.165, 1.54) is 64.2 Å². The van der Waals surface area contributed by atoms with Gasteiger partial charge in [0.2, 0.25) is 0 Å². The van der Waals surface area contributed by atoms with Gasteiger partial charge in [0.25, 0.3) is 0 Å². The summed E-state index contributed by atoms with van der Waals surface area (Å²) < 4.78 is 0. The molecule has 0 aliphatic heterocycles. The molecule has 2 saturated carbocycles. The Labute approximate surface area is 131 Å². The van der Waals surface area contributed by atoms with Crippen LogP contribution in [0.25, 0.3) is 0 Å². The minimum Gasteiger partial charge on any atom is -0.392 e. The molecular formula is C19H36O2. The molecule has 0 radical (unpaired) electrons. The maximum atomic E-state index is 11.0. The molecule has 2 nitrogen and oxygen atoms in total. The zero-order valence-electron chi connectivity index (χ0n) is 14.2. The summed E-state index contributed by atoms with van der Waals surface area (Å²) in [6.07, 6.45) is 13.6. The standard InChI is InChI=1S/C19H36O2/c1-3-17(20)19(18(21)4-2,15-11-7-5-8-12-15)16-13-9-6-10-14-16/h15-18,20-21H,3-14H2,1-2H3. The fraction of sp³-hybridized carbons (Fsp3) is 1.00. The third kappa shape index (κ3) is 3.32. The molecule has 2 fully saturated rings. The largest absolute Gasteiger partial charge is 0.392 e. The molecular weight excluding hydrogens is 260 g/mol. The second-order valence-electron chi connectivity index (χ2n) is 7.52. The summed E-state index contributed by atoms with van der Waals surface area (Å²) in [6, 6.07) is 0. The van der Waals surface area contributed by atoms with Crippen LogP contribution in [0.15, 0.2) is 0 Å². The lowest BCUT2D eigenvalue weighted by molar-refractivity contribution is -0.160. The summed E-state index contributed by atoms with van der Waals surface area (Å²) in [5.41, 5.74) is -0.232. The van der Waals surface area contributed by atoms with E-state index < -0.39 is 0 Å². The van der Waals surface area contributed by atoms with Crippen LogP contribution in [0.1, 0.15) is 90.9 Å². The predicted molar refractivity (Wildman–Crippen MR) is 88.2 cm³/mol. The predicted octanol–water partition coefficient (Wildman–Crippen LogP) is 4.68. The lowest BCUT2D eigenvalue weighted by Gasteiger charge is -2.54. The molecule has 0 saturated heterocycles. The molecule has 0 aromatic carbocycles. The minimum atomic E-state index is -0.335. The van der Waals surface area contributed by atoms with Crippen LogP contribution in [0, 0.1) is 17.3 Å². The van der Waals surface area contributed by atoms with Crippen LogP contribution in [0.5, 0.6) is 0 Å². The topological polar surface area (TPSA) is 40.5 Å². The van der Waals surface area contributed by atoms with Crippen molar-refractivity contribution in [3.63, 3.8) is 0 Å². The highest BCUT2D eigenvalue weighted by Gasteiger charge is 2.53. The fourth-order valence-corrected chi connectivity index (χ4v) is 5.56.